The second-order valence-electron chi connectivity index (χ2n) is 7.15. The Kier molecular flexibility index (Phi) is 6.31. The smallest absolute Gasteiger partial charge is 0.188 e. The number of benzene rings is 2. The van der Waals surface area contributed by atoms with Gasteiger partial charge in [-0.25, -0.2) is 17.2 Å². The molecule has 1 saturated carbocycles. The summed E-state index contributed by atoms with van der Waals surface area (Å²) in [5.41, 5.74) is -0.183. The maximum absolute atomic E-state index is 14.7. The van der Waals surface area contributed by atoms with Gasteiger partial charge in [0.05, 0.1) is 11.0 Å². The lowest BCUT2D eigenvalue weighted by molar-refractivity contribution is 0.0214. The Hall–Kier alpha value is -1.96. The number of halogens is 3. The van der Waals surface area contributed by atoms with Crippen molar-refractivity contribution in [2.24, 2.45) is 0 Å². The minimum absolute atomic E-state index is 0.00587. The van der Waals surface area contributed by atoms with Crippen molar-refractivity contribution in [3.63, 3.8) is 0 Å². The van der Waals surface area contributed by atoms with E-state index >= 15 is 0 Å². The van der Waals surface area contributed by atoms with Crippen molar-refractivity contribution in [3.05, 3.63) is 77.0 Å². The summed E-state index contributed by atoms with van der Waals surface area (Å²) < 4.78 is 59.8. The normalized spacial score (nSPS) is 22.4. The molecule has 0 spiro atoms. The predicted octanol–water partition coefficient (Wildman–Crippen LogP) is 5.32. The summed E-state index contributed by atoms with van der Waals surface area (Å²) in [6.45, 7) is 3.30. The van der Waals surface area contributed by atoms with Crippen LogP contribution in [0.3, 0.4) is 0 Å². The zero-order valence-electron chi connectivity index (χ0n) is 15.6. The van der Waals surface area contributed by atoms with Crippen molar-refractivity contribution in [3.8, 4) is 0 Å². The summed E-state index contributed by atoms with van der Waals surface area (Å²) in [6.07, 6.45) is 0.373. The highest BCUT2D eigenvalue weighted by atomic mass is 35.5. The van der Waals surface area contributed by atoms with Gasteiger partial charge in [0.15, 0.2) is 9.84 Å². The molecule has 0 aliphatic heterocycles. The topological polar surface area (TPSA) is 63.6 Å². The third-order valence-corrected chi connectivity index (χ3v) is 8.09. The fourth-order valence-electron chi connectivity index (χ4n) is 3.81. The van der Waals surface area contributed by atoms with Crippen LogP contribution in [-0.4, -0.2) is 26.2 Å². The maximum atomic E-state index is 14.7. The molecule has 29 heavy (non-hydrogen) atoms. The van der Waals surface area contributed by atoms with Gasteiger partial charge in [-0.2, -0.15) is 0 Å². The molecular weight excluding hydrogens is 422 g/mol. The summed E-state index contributed by atoms with van der Waals surface area (Å²) in [4.78, 5) is -0.00587. The Morgan fingerprint density at radius 1 is 1.17 bits per heavy atom. The zero-order valence-corrected chi connectivity index (χ0v) is 17.1. The molecule has 0 unspecified atom stereocenters. The first-order chi connectivity index (χ1) is 13.7. The van der Waals surface area contributed by atoms with Gasteiger partial charge in [0.1, 0.15) is 28.7 Å². The highest BCUT2D eigenvalue weighted by Crippen LogP contribution is 2.48. The van der Waals surface area contributed by atoms with E-state index in [1.165, 1.54) is 24.3 Å². The monoisotopic (exact) mass is 442 g/mol. The highest BCUT2D eigenvalue weighted by Gasteiger charge is 2.50. The van der Waals surface area contributed by atoms with Crippen molar-refractivity contribution in [1.29, 1.82) is 0 Å². The molecule has 1 aliphatic carbocycles. The summed E-state index contributed by atoms with van der Waals surface area (Å²) in [5.74, 6) is -1.61. The van der Waals surface area contributed by atoms with E-state index < -0.39 is 26.2 Å². The minimum atomic E-state index is -4.08. The molecule has 4 nitrogen and oxygen atoms in total. The number of ether oxygens (including phenoxy) is 1. The molecular formula is C21H21ClF2O4S. The van der Waals surface area contributed by atoms with E-state index in [1.807, 2.05) is 0 Å². The summed E-state index contributed by atoms with van der Waals surface area (Å²) >= 11 is 5.88. The number of aliphatic hydroxyl groups excluding tert-OH is 1. The summed E-state index contributed by atoms with van der Waals surface area (Å²) in [7, 11) is -4.08. The van der Waals surface area contributed by atoms with Gasteiger partial charge in [0, 0.05) is 10.6 Å². The third kappa shape index (κ3) is 4.32. The van der Waals surface area contributed by atoms with Crippen LogP contribution in [0.4, 0.5) is 8.78 Å². The molecule has 0 radical (unpaired) electrons. The average Bonchev–Trinajstić information content (AvgIpc) is 2.69. The molecule has 0 bridgehead atoms. The van der Waals surface area contributed by atoms with Crippen LogP contribution in [0.2, 0.25) is 5.02 Å². The number of aliphatic hydroxyl groups is 1. The lowest BCUT2D eigenvalue weighted by Gasteiger charge is -2.40. The first kappa shape index (κ1) is 21.7. The van der Waals surface area contributed by atoms with E-state index in [-0.39, 0.29) is 41.8 Å². The Labute approximate surface area is 173 Å². The van der Waals surface area contributed by atoms with Crippen molar-refractivity contribution in [2.75, 3.05) is 6.61 Å². The predicted molar refractivity (Wildman–Crippen MR) is 107 cm³/mol. The van der Waals surface area contributed by atoms with Crippen molar-refractivity contribution < 1.29 is 27.0 Å². The third-order valence-electron chi connectivity index (χ3n) is 5.28. The number of sulfone groups is 1. The van der Waals surface area contributed by atoms with Crippen LogP contribution in [0.15, 0.2) is 59.7 Å². The Balaban J connectivity index is 2.05. The van der Waals surface area contributed by atoms with Gasteiger partial charge in [-0.1, -0.05) is 18.2 Å². The standard InChI is InChI=1S/C21H21ClF2O4S/c1-14(25)13-28-17-8-10-21(11-9-17,19-12-16(23)4-7-20(19)24)29(26,27)18-5-2-15(22)3-6-18/h2-7,12,17,25H,1,8-11,13H2/t17-,21+. The highest BCUT2D eigenvalue weighted by molar-refractivity contribution is 7.92. The molecule has 2 aromatic carbocycles. The summed E-state index contributed by atoms with van der Waals surface area (Å²) in [5, 5.41) is 9.59. The Bertz CT molecular complexity index is 998. The molecule has 0 saturated heterocycles. The summed E-state index contributed by atoms with van der Waals surface area (Å²) in [6, 6.07) is 8.51. The lowest BCUT2D eigenvalue weighted by Crippen LogP contribution is -2.42. The second kappa shape index (κ2) is 8.42. The first-order valence-corrected chi connectivity index (χ1v) is 11.0. The molecule has 2 aromatic rings. The number of hydrogen-bond donors (Lipinski definition) is 1. The van der Waals surface area contributed by atoms with Crippen LogP contribution in [0.1, 0.15) is 31.2 Å². The molecule has 1 fully saturated rings. The fraction of sp³-hybridized carbons (Fsp3) is 0.333. The molecule has 0 amide bonds. The SMILES string of the molecule is C=C(O)CO[C@H]1CC[C@@](c2cc(F)ccc2F)(S(=O)(=O)c2ccc(Cl)cc2)CC1. The molecule has 1 aliphatic rings. The number of rotatable bonds is 6. The van der Waals surface area contributed by atoms with E-state index in [0.29, 0.717) is 17.9 Å². The van der Waals surface area contributed by atoms with Crippen LogP contribution in [0.5, 0.6) is 0 Å². The van der Waals surface area contributed by atoms with Gasteiger partial charge in [-0.3, -0.25) is 0 Å². The van der Waals surface area contributed by atoms with Gasteiger partial charge in [0.25, 0.3) is 0 Å². The van der Waals surface area contributed by atoms with Crippen molar-refractivity contribution >= 4 is 21.4 Å². The zero-order chi connectivity index (χ0) is 21.2. The van der Waals surface area contributed by atoms with Gasteiger partial charge < -0.3 is 9.84 Å². The largest absolute Gasteiger partial charge is 0.510 e. The van der Waals surface area contributed by atoms with Crippen molar-refractivity contribution in [1.82, 2.24) is 0 Å². The first-order valence-electron chi connectivity index (χ1n) is 9.10. The van der Waals surface area contributed by atoms with E-state index in [1.54, 1.807) is 0 Å². The average molecular weight is 443 g/mol. The molecule has 3 rings (SSSR count). The van der Waals surface area contributed by atoms with Gasteiger partial charge in [0.2, 0.25) is 0 Å². The minimum Gasteiger partial charge on any atom is -0.510 e. The molecule has 8 heteroatoms. The molecule has 156 valence electrons. The molecule has 1 N–H and O–H groups in total. The van der Waals surface area contributed by atoms with E-state index in [4.69, 9.17) is 16.3 Å². The van der Waals surface area contributed by atoms with Crippen LogP contribution >= 0.6 is 11.6 Å². The van der Waals surface area contributed by atoms with Gasteiger partial charge >= 0.3 is 0 Å². The second-order valence-corrected chi connectivity index (χ2v) is 9.85. The van der Waals surface area contributed by atoms with Gasteiger partial charge in [-0.05, 0) is 68.1 Å². The Morgan fingerprint density at radius 3 is 2.38 bits per heavy atom. The fourth-order valence-corrected chi connectivity index (χ4v) is 6.10. The van der Waals surface area contributed by atoms with E-state index in [2.05, 4.69) is 6.58 Å². The quantitative estimate of drug-likeness (QED) is 0.615. The van der Waals surface area contributed by atoms with Crippen LogP contribution in [-0.2, 0) is 19.3 Å². The molecule has 0 atom stereocenters. The lowest BCUT2D eigenvalue weighted by atomic mass is 9.81. The number of hydrogen-bond acceptors (Lipinski definition) is 4. The Morgan fingerprint density at radius 2 is 1.79 bits per heavy atom. The van der Waals surface area contributed by atoms with Crippen LogP contribution in [0, 0.1) is 11.6 Å². The molecule has 0 heterocycles. The van der Waals surface area contributed by atoms with Crippen molar-refractivity contribution in [2.45, 2.75) is 41.4 Å². The van der Waals surface area contributed by atoms with Crippen LogP contribution in [0.25, 0.3) is 0 Å². The van der Waals surface area contributed by atoms with E-state index in [0.717, 1.165) is 18.2 Å². The van der Waals surface area contributed by atoms with Gasteiger partial charge in [-0.15, -0.1) is 0 Å². The maximum Gasteiger partial charge on any atom is 0.188 e. The van der Waals surface area contributed by atoms with Crippen LogP contribution < -0.4 is 0 Å². The van der Waals surface area contributed by atoms with E-state index in [9.17, 15) is 22.3 Å². The molecule has 0 aromatic heterocycles.